The van der Waals surface area contributed by atoms with Crippen molar-refractivity contribution < 1.29 is 14.3 Å². The summed E-state index contributed by atoms with van der Waals surface area (Å²) in [6.45, 7) is 2.58. The quantitative estimate of drug-likeness (QED) is 0.764. The Morgan fingerprint density at radius 1 is 1.23 bits per heavy atom. The van der Waals surface area contributed by atoms with Gasteiger partial charge in [0.25, 0.3) is 0 Å². The van der Waals surface area contributed by atoms with Crippen molar-refractivity contribution in [2.45, 2.75) is 13.5 Å². The van der Waals surface area contributed by atoms with Crippen molar-refractivity contribution in [3.8, 4) is 0 Å². The van der Waals surface area contributed by atoms with Gasteiger partial charge in [0.2, 0.25) is 5.95 Å². The highest BCUT2D eigenvalue weighted by atomic mass is 16.5. The molecule has 0 fully saturated rings. The molecule has 1 heterocycles. The monoisotopic (exact) mass is 301 g/mol. The third kappa shape index (κ3) is 3.59. The van der Waals surface area contributed by atoms with E-state index in [-0.39, 0.29) is 0 Å². The number of aromatic nitrogens is 2. The highest BCUT2D eigenvalue weighted by Gasteiger charge is 2.13. The lowest BCUT2D eigenvalue weighted by atomic mass is 10.2. The van der Waals surface area contributed by atoms with Crippen LogP contribution in [0.1, 0.15) is 22.8 Å². The van der Waals surface area contributed by atoms with E-state index >= 15 is 0 Å². The maximum Gasteiger partial charge on any atom is 0.341 e. The van der Waals surface area contributed by atoms with Crippen molar-refractivity contribution >= 4 is 17.6 Å². The second-order valence-electron chi connectivity index (χ2n) is 4.61. The zero-order chi connectivity index (χ0) is 15.9. The number of hydrogen-bond acceptors (Lipinski definition) is 6. The third-order valence-corrected chi connectivity index (χ3v) is 3.10. The average Bonchev–Trinajstić information content (AvgIpc) is 2.55. The van der Waals surface area contributed by atoms with Crippen molar-refractivity contribution in [1.82, 2.24) is 9.97 Å². The fraction of sp³-hybridized carbons (Fsp3) is 0.312. The minimum Gasteiger partial charge on any atom is -0.462 e. The Balaban J connectivity index is 2.23. The smallest absolute Gasteiger partial charge is 0.341 e. The minimum absolute atomic E-state index is 0.324. The number of hydrogen-bond donors (Lipinski definition) is 0. The molecule has 0 saturated carbocycles. The van der Waals surface area contributed by atoms with Crippen molar-refractivity contribution in [1.29, 1.82) is 0 Å². The van der Waals surface area contributed by atoms with Gasteiger partial charge in [-0.15, -0.1) is 0 Å². The van der Waals surface area contributed by atoms with Crippen molar-refractivity contribution in [3.05, 3.63) is 47.8 Å². The topological polar surface area (TPSA) is 64.5 Å². The van der Waals surface area contributed by atoms with Crippen LogP contribution in [0.3, 0.4) is 0 Å². The molecule has 0 aliphatic heterocycles. The van der Waals surface area contributed by atoms with E-state index in [1.165, 1.54) is 12.4 Å². The number of rotatable bonds is 6. The number of nitrogens with zero attached hydrogens (tertiary/aromatic N) is 3. The number of carbonyl (C=O) groups excluding carboxylic acids is 1. The van der Waals surface area contributed by atoms with Gasteiger partial charge in [-0.25, -0.2) is 14.8 Å². The highest BCUT2D eigenvalue weighted by Crippen LogP contribution is 2.24. The summed E-state index contributed by atoms with van der Waals surface area (Å²) >= 11 is 0. The van der Waals surface area contributed by atoms with Crippen molar-refractivity contribution in [3.63, 3.8) is 0 Å². The molecule has 6 nitrogen and oxygen atoms in total. The number of para-hydroxylation sites is 1. The lowest BCUT2D eigenvalue weighted by molar-refractivity contribution is 0.0525. The van der Waals surface area contributed by atoms with E-state index in [1.807, 2.05) is 36.2 Å². The third-order valence-electron chi connectivity index (χ3n) is 3.10. The molecule has 116 valence electrons. The fourth-order valence-electron chi connectivity index (χ4n) is 2.04. The first-order valence-electron chi connectivity index (χ1n) is 6.97. The molecule has 1 aromatic carbocycles. The fourth-order valence-corrected chi connectivity index (χ4v) is 2.04. The average molecular weight is 301 g/mol. The van der Waals surface area contributed by atoms with E-state index in [0.29, 0.717) is 24.7 Å². The van der Waals surface area contributed by atoms with Crippen LogP contribution in [0, 0.1) is 0 Å². The SMILES string of the molecule is CCOC(=O)c1cnc(N(C)c2ccccc2COC)nc1. The zero-order valence-electron chi connectivity index (χ0n) is 12.9. The number of methoxy groups -OCH3 is 1. The van der Waals surface area contributed by atoms with E-state index in [0.717, 1.165) is 11.3 Å². The van der Waals surface area contributed by atoms with Crippen LogP contribution in [0.15, 0.2) is 36.7 Å². The number of carbonyl (C=O) groups is 1. The van der Waals surface area contributed by atoms with Crippen molar-refractivity contribution in [2.24, 2.45) is 0 Å². The van der Waals surface area contributed by atoms with E-state index in [2.05, 4.69) is 9.97 Å². The summed E-state index contributed by atoms with van der Waals surface area (Å²) in [6, 6.07) is 7.85. The first-order chi connectivity index (χ1) is 10.7. The van der Waals surface area contributed by atoms with Crippen LogP contribution < -0.4 is 4.90 Å². The number of benzene rings is 1. The van der Waals surface area contributed by atoms with Gasteiger partial charge in [-0.05, 0) is 13.0 Å². The molecule has 0 aliphatic rings. The molecule has 0 aliphatic carbocycles. The molecule has 0 radical (unpaired) electrons. The summed E-state index contributed by atoms with van der Waals surface area (Å²) < 4.78 is 10.1. The first-order valence-corrected chi connectivity index (χ1v) is 6.97. The minimum atomic E-state index is -0.420. The molecule has 0 unspecified atom stereocenters. The molecule has 0 spiro atoms. The second-order valence-corrected chi connectivity index (χ2v) is 4.61. The van der Waals surface area contributed by atoms with E-state index in [1.54, 1.807) is 14.0 Å². The lowest BCUT2D eigenvalue weighted by Crippen LogP contribution is -2.16. The predicted molar refractivity (Wildman–Crippen MR) is 83.2 cm³/mol. The highest BCUT2D eigenvalue weighted by molar-refractivity contribution is 5.88. The van der Waals surface area contributed by atoms with Gasteiger partial charge >= 0.3 is 5.97 Å². The molecule has 2 aromatic rings. The number of esters is 1. The molecular formula is C16H19N3O3. The lowest BCUT2D eigenvalue weighted by Gasteiger charge is -2.20. The molecule has 6 heteroatoms. The van der Waals surface area contributed by atoms with Crippen LogP contribution in [-0.2, 0) is 16.1 Å². The van der Waals surface area contributed by atoms with Crippen molar-refractivity contribution in [2.75, 3.05) is 25.7 Å². The largest absolute Gasteiger partial charge is 0.462 e. The van der Waals surface area contributed by atoms with E-state index < -0.39 is 5.97 Å². The van der Waals surface area contributed by atoms with Crippen LogP contribution in [0.25, 0.3) is 0 Å². The molecule has 0 N–H and O–H groups in total. The van der Waals surface area contributed by atoms with Gasteiger partial charge in [0.15, 0.2) is 0 Å². The Hall–Kier alpha value is -2.47. The number of anilines is 2. The van der Waals surface area contributed by atoms with Gasteiger partial charge in [-0.3, -0.25) is 0 Å². The predicted octanol–water partition coefficient (Wildman–Crippen LogP) is 2.57. The van der Waals surface area contributed by atoms with Crippen LogP contribution in [0.4, 0.5) is 11.6 Å². The Morgan fingerprint density at radius 3 is 2.55 bits per heavy atom. The molecular weight excluding hydrogens is 282 g/mol. The van der Waals surface area contributed by atoms with Crippen LogP contribution in [0.5, 0.6) is 0 Å². The summed E-state index contributed by atoms with van der Waals surface area (Å²) in [5.74, 6) is 0.0769. The molecule has 0 bridgehead atoms. The summed E-state index contributed by atoms with van der Waals surface area (Å²) in [5.41, 5.74) is 2.32. The van der Waals surface area contributed by atoms with Gasteiger partial charge < -0.3 is 14.4 Å². The van der Waals surface area contributed by atoms with Gasteiger partial charge in [0.05, 0.1) is 18.8 Å². The maximum absolute atomic E-state index is 11.6. The summed E-state index contributed by atoms with van der Waals surface area (Å²) in [6.07, 6.45) is 2.94. The summed E-state index contributed by atoms with van der Waals surface area (Å²) in [5, 5.41) is 0. The first kappa shape index (κ1) is 15.9. The molecule has 1 aromatic heterocycles. The summed E-state index contributed by atoms with van der Waals surface area (Å²) in [7, 11) is 3.52. The Kier molecular flexibility index (Phi) is 5.43. The Morgan fingerprint density at radius 2 is 1.91 bits per heavy atom. The van der Waals surface area contributed by atoms with Crippen LogP contribution in [-0.4, -0.2) is 36.7 Å². The van der Waals surface area contributed by atoms with Crippen LogP contribution in [0.2, 0.25) is 0 Å². The Bertz CT molecular complexity index is 629. The van der Waals surface area contributed by atoms with Gasteiger partial charge in [0, 0.05) is 37.8 Å². The van der Waals surface area contributed by atoms with Gasteiger partial charge in [-0.2, -0.15) is 0 Å². The second kappa shape index (κ2) is 7.51. The number of ether oxygens (including phenoxy) is 2. The van der Waals surface area contributed by atoms with Crippen LogP contribution >= 0.6 is 0 Å². The normalized spacial score (nSPS) is 10.3. The van der Waals surface area contributed by atoms with Gasteiger partial charge in [0.1, 0.15) is 0 Å². The molecule has 0 amide bonds. The standard InChI is InChI=1S/C16H19N3O3/c1-4-22-15(20)13-9-17-16(18-10-13)19(2)14-8-6-5-7-12(14)11-21-3/h5-10H,4,11H2,1-3H3. The molecule has 2 rings (SSSR count). The molecule has 0 atom stereocenters. The zero-order valence-corrected chi connectivity index (χ0v) is 12.9. The summed E-state index contributed by atoms with van der Waals surface area (Å²) in [4.78, 5) is 21.9. The molecule has 22 heavy (non-hydrogen) atoms. The molecule has 0 saturated heterocycles. The van der Waals surface area contributed by atoms with E-state index in [4.69, 9.17) is 9.47 Å². The van der Waals surface area contributed by atoms with E-state index in [9.17, 15) is 4.79 Å². The Labute approximate surface area is 129 Å². The van der Waals surface area contributed by atoms with Gasteiger partial charge in [-0.1, -0.05) is 18.2 Å². The maximum atomic E-state index is 11.6.